The summed E-state index contributed by atoms with van der Waals surface area (Å²) in [5, 5.41) is 4.88. The quantitative estimate of drug-likeness (QED) is 0.135. The molecule has 12 aromatic rings. The average Bonchev–Trinajstić information content (AvgIpc) is 3.68. The van der Waals surface area contributed by atoms with Crippen molar-refractivity contribution < 1.29 is 0 Å². The predicted octanol–water partition coefficient (Wildman–Crippen LogP) is 19.9. The average molecular weight is 933 g/mol. The molecule has 73 heavy (non-hydrogen) atoms. The first-order valence-corrected chi connectivity index (χ1v) is 25.3. The van der Waals surface area contributed by atoms with Crippen LogP contribution in [0, 0.1) is 0 Å². The van der Waals surface area contributed by atoms with E-state index >= 15 is 0 Å². The molecule has 0 amide bonds. The maximum absolute atomic E-state index is 2.52. The molecule has 0 saturated carbocycles. The zero-order valence-electron chi connectivity index (χ0n) is 41.0. The highest BCUT2D eigenvalue weighted by Gasteiger charge is 2.36. The van der Waals surface area contributed by atoms with Crippen LogP contribution in [0.4, 0.5) is 34.1 Å². The van der Waals surface area contributed by atoms with Gasteiger partial charge >= 0.3 is 0 Å². The molecule has 0 radical (unpaired) electrons. The van der Waals surface area contributed by atoms with Gasteiger partial charge in [0, 0.05) is 39.4 Å². The van der Waals surface area contributed by atoms with Crippen LogP contribution >= 0.6 is 0 Å². The van der Waals surface area contributed by atoms with Crippen LogP contribution in [0.2, 0.25) is 0 Å². The monoisotopic (exact) mass is 932 g/mol. The maximum Gasteiger partial charge on any atom is 0.0546 e. The van der Waals surface area contributed by atoms with Gasteiger partial charge in [0.15, 0.2) is 0 Å². The summed E-state index contributed by atoms with van der Waals surface area (Å²) < 4.78 is 0. The molecule has 0 saturated heterocycles. The molecule has 0 aliphatic heterocycles. The van der Waals surface area contributed by atoms with Gasteiger partial charge in [-0.1, -0.05) is 232 Å². The summed E-state index contributed by atoms with van der Waals surface area (Å²) >= 11 is 0. The molecule has 0 aromatic heterocycles. The summed E-state index contributed by atoms with van der Waals surface area (Å²) in [6.45, 7) is 4.75. The van der Waals surface area contributed by atoms with E-state index in [0.717, 1.165) is 45.3 Å². The second-order valence-corrected chi connectivity index (χ2v) is 19.7. The maximum atomic E-state index is 2.52. The molecule has 1 aliphatic carbocycles. The second-order valence-electron chi connectivity index (χ2n) is 19.7. The Morgan fingerprint density at radius 2 is 0.740 bits per heavy atom. The van der Waals surface area contributed by atoms with Crippen LogP contribution in [-0.4, -0.2) is 0 Å². The van der Waals surface area contributed by atoms with E-state index in [1.54, 1.807) is 0 Å². The Morgan fingerprint density at radius 1 is 0.260 bits per heavy atom. The van der Waals surface area contributed by atoms with Crippen LogP contribution < -0.4 is 9.80 Å². The minimum Gasteiger partial charge on any atom is -0.310 e. The van der Waals surface area contributed by atoms with E-state index in [1.807, 2.05) is 0 Å². The third-order valence-electron chi connectivity index (χ3n) is 15.0. The van der Waals surface area contributed by atoms with Gasteiger partial charge in [-0.2, -0.15) is 0 Å². The van der Waals surface area contributed by atoms with Crippen molar-refractivity contribution >= 4 is 55.7 Å². The fourth-order valence-electron chi connectivity index (χ4n) is 11.5. The lowest BCUT2D eigenvalue weighted by Gasteiger charge is -2.32. The van der Waals surface area contributed by atoms with Gasteiger partial charge in [0.1, 0.15) is 0 Å². The topological polar surface area (TPSA) is 6.48 Å². The fraction of sp³-hybridized carbons (Fsp3) is 0.0423. The first-order valence-electron chi connectivity index (χ1n) is 25.3. The number of para-hydroxylation sites is 2. The van der Waals surface area contributed by atoms with Gasteiger partial charge in [-0.15, -0.1) is 0 Å². The molecule has 0 unspecified atom stereocenters. The summed E-state index contributed by atoms with van der Waals surface area (Å²) in [6.07, 6.45) is 0. The first-order chi connectivity index (χ1) is 36.0. The van der Waals surface area contributed by atoms with Crippen LogP contribution in [0.3, 0.4) is 0 Å². The van der Waals surface area contributed by atoms with Crippen molar-refractivity contribution in [3.63, 3.8) is 0 Å². The molecule has 0 spiro atoms. The summed E-state index contributed by atoms with van der Waals surface area (Å²) in [4.78, 5) is 4.91. The lowest BCUT2D eigenvalue weighted by atomic mass is 9.82. The van der Waals surface area contributed by atoms with Crippen molar-refractivity contribution in [1.29, 1.82) is 0 Å². The zero-order chi connectivity index (χ0) is 48.9. The third kappa shape index (κ3) is 7.76. The van der Waals surface area contributed by atoms with E-state index < -0.39 is 0 Å². The first kappa shape index (κ1) is 43.8. The normalized spacial score (nSPS) is 12.4. The SMILES string of the molecule is CC1(C)c2ccccc2-c2ccc(N(c3cc(-c4ccc(-c5ccc6ccccc6c5-c5ccccc5)cc4)cc(N(c4ccccc4)c4ccccc4)c3)c3ccc4ccccc4c3-c3ccccc3)cc21. The van der Waals surface area contributed by atoms with Crippen LogP contribution in [0.25, 0.3) is 77.2 Å². The molecule has 12 aromatic carbocycles. The number of nitrogens with zero attached hydrogens (tertiary/aromatic N) is 2. The van der Waals surface area contributed by atoms with E-state index in [-0.39, 0.29) is 5.41 Å². The van der Waals surface area contributed by atoms with Gasteiger partial charge in [-0.05, 0) is 143 Å². The highest BCUT2D eigenvalue weighted by atomic mass is 15.2. The second kappa shape index (κ2) is 18.2. The third-order valence-corrected chi connectivity index (χ3v) is 15.0. The molecule has 2 nitrogen and oxygen atoms in total. The summed E-state index contributed by atoms with van der Waals surface area (Å²) in [6, 6.07) is 102. The number of benzene rings is 12. The Hall–Kier alpha value is -9.24. The van der Waals surface area contributed by atoms with Crippen molar-refractivity contribution in [2.75, 3.05) is 9.80 Å². The molecule has 0 atom stereocenters. The van der Waals surface area contributed by atoms with E-state index in [2.05, 4.69) is 303 Å². The van der Waals surface area contributed by atoms with E-state index in [1.165, 1.54) is 77.2 Å². The Morgan fingerprint density at radius 3 is 1.38 bits per heavy atom. The molecule has 346 valence electrons. The Balaban J connectivity index is 1.07. The predicted molar refractivity (Wildman–Crippen MR) is 310 cm³/mol. The highest BCUT2D eigenvalue weighted by molar-refractivity contribution is 6.07. The van der Waals surface area contributed by atoms with Crippen molar-refractivity contribution in [3.8, 4) is 55.6 Å². The number of hydrogen-bond acceptors (Lipinski definition) is 2. The molecule has 1 aliphatic rings. The molecule has 0 fully saturated rings. The molecule has 2 heteroatoms. The fourth-order valence-corrected chi connectivity index (χ4v) is 11.5. The minimum atomic E-state index is -0.198. The minimum absolute atomic E-state index is 0.198. The van der Waals surface area contributed by atoms with Crippen molar-refractivity contribution in [1.82, 2.24) is 0 Å². The van der Waals surface area contributed by atoms with E-state index in [9.17, 15) is 0 Å². The molecule has 0 heterocycles. The molecule has 13 rings (SSSR count). The number of rotatable bonds is 10. The largest absolute Gasteiger partial charge is 0.310 e. The lowest BCUT2D eigenvalue weighted by Crippen LogP contribution is -2.17. The molecular formula is C71H52N2. The molecule has 0 N–H and O–H groups in total. The molecular weight excluding hydrogens is 881 g/mol. The van der Waals surface area contributed by atoms with Crippen LogP contribution in [0.5, 0.6) is 0 Å². The van der Waals surface area contributed by atoms with Gasteiger partial charge in [-0.25, -0.2) is 0 Å². The van der Waals surface area contributed by atoms with Gasteiger partial charge < -0.3 is 9.80 Å². The zero-order valence-corrected chi connectivity index (χ0v) is 41.0. The van der Waals surface area contributed by atoms with Crippen molar-refractivity contribution in [2.24, 2.45) is 0 Å². The van der Waals surface area contributed by atoms with Gasteiger partial charge in [0.05, 0.1) is 5.69 Å². The van der Waals surface area contributed by atoms with Crippen LogP contribution in [0.1, 0.15) is 25.0 Å². The number of fused-ring (bicyclic) bond motifs is 5. The smallest absolute Gasteiger partial charge is 0.0546 e. The van der Waals surface area contributed by atoms with E-state index in [0.29, 0.717) is 0 Å². The van der Waals surface area contributed by atoms with Gasteiger partial charge in [-0.3, -0.25) is 0 Å². The number of anilines is 6. The standard InChI is InChI=1S/C71H52N2/c1-71(2)66-34-20-19-33-64(66)65-43-41-58(48-67(65)71)73(68-44-40-51-22-16-18-32-62(51)70(68)54-25-9-4-10-26-54)60-46-55(45-59(47-60)72(56-27-11-5-12-28-56)57-29-13-6-14-30-57)49-35-37-52(38-36-49)63-42-39-50-21-15-17-31-61(50)69(63)53-23-7-3-8-24-53/h3-48H,1-2H3. The van der Waals surface area contributed by atoms with E-state index in [4.69, 9.17) is 0 Å². The lowest BCUT2D eigenvalue weighted by molar-refractivity contribution is 0.660. The van der Waals surface area contributed by atoms with Gasteiger partial charge in [0.25, 0.3) is 0 Å². The van der Waals surface area contributed by atoms with Crippen LogP contribution in [-0.2, 0) is 5.41 Å². The summed E-state index contributed by atoms with van der Waals surface area (Å²) in [5.74, 6) is 0. The summed E-state index contributed by atoms with van der Waals surface area (Å²) in [7, 11) is 0. The van der Waals surface area contributed by atoms with Gasteiger partial charge in [0.2, 0.25) is 0 Å². The summed E-state index contributed by atoms with van der Waals surface area (Å²) in [5.41, 5.74) is 21.0. The Labute approximate surface area is 428 Å². The number of hydrogen-bond donors (Lipinski definition) is 0. The van der Waals surface area contributed by atoms with Crippen molar-refractivity contribution in [3.05, 3.63) is 290 Å². The Bertz CT molecular complexity index is 3930. The molecule has 0 bridgehead atoms. The van der Waals surface area contributed by atoms with Crippen molar-refractivity contribution in [2.45, 2.75) is 19.3 Å². The highest BCUT2D eigenvalue weighted by Crippen LogP contribution is 2.53. The Kier molecular flexibility index (Phi) is 10.9. The van der Waals surface area contributed by atoms with Crippen LogP contribution in [0.15, 0.2) is 279 Å².